The summed E-state index contributed by atoms with van der Waals surface area (Å²) in [6, 6.07) is 8.65. The van der Waals surface area contributed by atoms with Crippen molar-refractivity contribution in [1.82, 2.24) is 0 Å². The Morgan fingerprint density at radius 2 is 1.82 bits per heavy atom. The van der Waals surface area contributed by atoms with Crippen LogP contribution in [0.4, 0.5) is 0 Å². The Kier molecular flexibility index (Phi) is 5.50. The summed E-state index contributed by atoms with van der Waals surface area (Å²) in [7, 11) is 0. The molecule has 0 amide bonds. The molecule has 0 spiro atoms. The molecule has 2 atom stereocenters. The first-order valence-electron chi connectivity index (χ1n) is 6.81. The molecule has 114 valence electrons. The number of aliphatic hydroxyl groups excluding tert-OH is 1. The fraction of sp³-hybridized carbons (Fsp3) is 0.500. The van der Waals surface area contributed by atoms with E-state index in [-0.39, 0.29) is 36.0 Å². The van der Waals surface area contributed by atoms with Crippen LogP contribution >= 0.6 is 0 Å². The summed E-state index contributed by atoms with van der Waals surface area (Å²) in [4.78, 5) is 24.0. The third-order valence-corrected chi connectivity index (χ3v) is 3.95. The Hall–Kier alpha value is -0.880. The van der Waals surface area contributed by atoms with Crippen LogP contribution in [0.2, 0.25) is 0 Å². The summed E-state index contributed by atoms with van der Waals surface area (Å²) < 4.78 is 5.23. The number of hydrogen-bond acceptors (Lipinski definition) is 5. The summed E-state index contributed by atoms with van der Waals surface area (Å²) in [6.07, 6.45) is -0.0161. The van der Waals surface area contributed by atoms with Gasteiger partial charge in [0.15, 0.2) is 0 Å². The molecule has 2 unspecified atom stereocenters. The Bertz CT molecular complexity index is 566. The predicted octanol–water partition coefficient (Wildman–Crippen LogP) is -2.60. The van der Waals surface area contributed by atoms with E-state index in [1.165, 1.54) is 0 Å². The van der Waals surface area contributed by atoms with E-state index < -0.39 is 35.0 Å². The summed E-state index contributed by atoms with van der Waals surface area (Å²) in [6.45, 7) is 4.54. The van der Waals surface area contributed by atoms with Crippen LogP contribution in [0.1, 0.15) is 32.8 Å². The van der Waals surface area contributed by atoms with Crippen LogP contribution in [0.5, 0.6) is 0 Å². The SMILES string of the molecule is CC(C)(C)OC(=O)C1(C(=O)[O-])CC1(CO)c1ccccc1.[Na+]. The van der Waals surface area contributed by atoms with Crippen molar-refractivity contribution < 1.29 is 54.1 Å². The van der Waals surface area contributed by atoms with E-state index in [1.54, 1.807) is 51.1 Å². The van der Waals surface area contributed by atoms with Crippen molar-refractivity contribution in [2.75, 3.05) is 6.61 Å². The number of aliphatic hydroxyl groups is 1. The number of carboxylic acids is 1. The molecule has 0 bridgehead atoms. The monoisotopic (exact) mass is 314 g/mol. The van der Waals surface area contributed by atoms with Crippen LogP contribution in [0.3, 0.4) is 0 Å². The van der Waals surface area contributed by atoms with Gasteiger partial charge in [-0.15, -0.1) is 0 Å². The number of carbonyl (C=O) groups is 2. The first-order chi connectivity index (χ1) is 9.69. The topological polar surface area (TPSA) is 86.7 Å². The number of ether oxygens (including phenoxy) is 1. The molecule has 0 radical (unpaired) electrons. The first-order valence-corrected chi connectivity index (χ1v) is 6.81. The van der Waals surface area contributed by atoms with Crippen LogP contribution in [0, 0.1) is 5.41 Å². The van der Waals surface area contributed by atoms with Crippen molar-refractivity contribution in [3.05, 3.63) is 35.9 Å². The van der Waals surface area contributed by atoms with E-state index in [0.717, 1.165) is 0 Å². The second-order valence-electron chi connectivity index (χ2n) is 6.48. The maximum atomic E-state index is 12.4. The van der Waals surface area contributed by atoms with E-state index in [1.807, 2.05) is 0 Å². The van der Waals surface area contributed by atoms with Crippen molar-refractivity contribution in [3.8, 4) is 0 Å². The Morgan fingerprint density at radius 1 is 1.27 bits per heavy atom. The van der Waals surface area contributed by atoms with Crippen molar-refractivity contribution >= 4 is 11.9 Å². The van der Waals surface area contributed by atoms with Gasteiger partial charge in [0.25, 0.3) is 0 Å². The number of hydrogen-bond donors (Lipinski definition) is 1. The van der Waals surface area contributed by atoms with Crippen molar-refractivity contribution in [2.24, 2.45) is 5.41 Å². The van der Waals surface area contributed by atoms with Crippen LogP contribution in [0.25, 0.3) is 0 Å². The minimum absolute atomic E-state index is 0. The minimum atomic E-state index is -1.82. The summed E-state index contributed by atoms with van der Waals surface area (Å²) >= 11 is 0. The summed E-state index contributed by atoms with van der Waals surface area (Å²) in [5.74, 6) is -2.36. The molecule has 1 aromatic carbocycles. The van der Waals surface area contributed by atoms with Crippen molar-refractivity contribution in [2.45, 2.75) is 38.2 Å². The Balaban J connectivity index is 0.00000242. The molecular formula is C16H19NaO5. The minimum Gasteiger partial charge on any atom is -0.549 e. The molecule has 1 aliphatic rings. The second kappa shape index (κ2) is 6.32. The van der Waals surface area contributed by atoms with Crippen LogP contribution in [-0.4, -0.2) is 29.3 Å². The normalized spacial score (nSPS) is 26.7. The van der Waals surface area contributed by atoms with E-state index >= 15 is 0 Å². The Labute approximate surface area is 152 Å². The van der Waals surface area contributed by atoms with E-state index in [0.29, 0.717) is 5.56 Å². The molecule has 22 heavy (non-hydrogen) atoms. The molecule has 0 saturated heterocycles. The molecule has 2 rings (SSSR count). The van der Waals surface area contributed by atoms with Gasteiger partial charge < -0.3 is 19.7 Å². The third-order valence-electron chi connectivity index (χ3n) is 3.95. The molecule has 1 aliphatic carbocycles. The molecule has 1 saturated carbocycles. The summed E-state index contributed by atoms with van der Waals surface area (Å²) in [5, 5.41) is 21.4. The van der Waals surface area contributed by atoms with Gasteiger partial charge in [-0.1, -0.05) is 30.3 Å². The number of carbonyl (C=O) groups excluding carboxylic acids is 2. The van der Waals surface area contributed by atoms with Gasteiger partial charge in [-0.25, -0.2) is 0 Å². The maximum absolute atomic E-state index is 12.4. The number of benzene rings is 1. The Morgan fingerprint density at radius 3 is 2.23 bits per heavy atom. The predicted molar refractivity (Wildman–Crippen MR) is 73.1 cm³/mol. The second-order valence-corrected chi connectivity index (χ2v) is 6.48. The van der Waals surface area contributed by atoms with Crippen molar-refractivity contribution in [3.63, 3.8) is 0 Å². The summed E-state index contributed by atoms with van der Waals surface area (Å²) in [5.41, 5.74) is -3.20. The zero-order valence-corrected chi connectivity index (χ0v) is 15.4. The van der Waals surface area contributed by atoms with Gasteiger partial charge in [-0.3, -0.25) is 4.79 Å². The van der Waals surface area contributed by atoms with Gasteiger partial charge in [-0.2, -0.15) is 0 Å². The molecule has 5 nitrogen and oxygen atoms in total. The van der Waals surface area contributed by atoms with Gasteiger partial charge in [0.1, 0.15) is 11.0 Å². The zero-order chi connectivity index (χ0) is 15.9. The van der Waals surface area contributed by atoms with Gasteiger partial charge in [-0.05, 0) is 32.8 Å². The van der Waals surface area contributed by atoms with Crippen LogP contribution in [0.15, 0.2) is 30.3 Å². The number of rotatable bonds is 4. The largest absolute Gasteiger partial charge is 1.00 e. The van der Waals surface area contributed by atoms with Crippen molar-refractivity contribution in [1.29, 1.82) is 0 Å². The first kappa shape index (κ1) is 19.2. The smallest absolute Gasteiger partial charge is 0.549 e. The molecule has 1 aromatic rings. The quantitative estimate of drug-likeness (QED) is 0.374. The molecule has 0 aromatic heterocycles. The van der Waals surface area contributed by atoms with E-state index in [4.69, 9.17) is 4.74 Å². The van der Waals surface area contributed by atoms with Gasteiger partial charge in [0.05, 0.1) is 12.6 Å². The fourth-order valence-electron chi connectivity index (χ4n) is 2.78. The van der Waals surface area contributed by atoms with Gasteiger partial charge in [0.2, 0.25) is 0 Å². The molecule has 0 heterocycles. The molecular weight excluding hydrogens is 295 g/mol. The number of aliphatic carboxylic acids is 1. The average Bonchev–Trinajstić information content (AvgIpc) is 3.10. The van der Waals surface area contributed by atoms with Gasteiger partial charge in [0, 0.05) is 5.41 Å². The number of carboxylic acid groups (broad SMARTS) is 1. The van der Waals surface area contributed by atoms with E-state index in [9.17, 15) is 19.8 Å². The molecule has 0 aliphatic heterocycles. The molecule has 1 fully saturated rings. The average molecular weight is 314 g/mol. The van der Waals surface area contributed by atoms with Crippen LogP contribution < -0.4 is 34.7 Å². The van der Waals surface area contributed by atoms with E-state index in [2.05, 4.69) is 0 Å². The third kappa shape index (κ3) is 2.95. The van der Waals surface area contributed by atoms with Crippen LogP contribution in [-0.2, 0) is 19.7 Å². The fourth-order valence-corrected chi connectivity index (χ4v) is 2.78. The molecule has 1 N–H and O–H groups in total. The zero-order valence-electron chi connectivity index (χ0n) is 13.4. The number of esters is 1. The van der Waals surface area contributed by atoms with Gasteiger partial charge >= 0.3 is 35.5 Å². The maximum Gasteiger partial charge on any atom is 1.00 e. The molecule has 6 heteroatoms. The standard InChI is InChI=1S/C16H20O5.Na/c1-14(2,3)21-13(20)16(12(18)19)9-15(16,10-17)11-7-5-4-6-8-11;/h4-8,17H,9-10H2,1-3H3,(H,18,19);/q;+1/p-1.